The van der Waals surface area contributed by atoms with Gasteiger partial charge in [-0.25, -0.2) is 18.1 Å². The van der Waals surface area contributed by atoms with Crippen molar-refractivity contribution in [1.82, 2.24) is 9.71 Å². The van der Waals surface area contributed by atoms with Crippen molar-refractivity contribution in [3.05, 3.63) is 22.4 Å². The van der Waals surface area contributed by atoms with E-state index in [1.165, 1.54) is 12.3 Å². The van der Waals surface area contributed by atoms with Crippen LogP contribution in [0.4, 0.5) is 0 Å². The summed E-state index contributed by atoms with van der Waals surface area (Å²) < 4.78 is 32.1. The minimum atomic E-state index is -3.65. The van der Waals surface area contributed by atoms with Crippen LogP contribution in [0.3, 0.4) is 0 Å². The molecule has 0 bridgehead atoms. The SMILES string of the molecule is COC1(CNS(=O)(=O)c2cnc(Cl)c(Cl)c2)CCC1. The van der Waals surface area contributed by atoms with Crippen LogP contribution in [-0.4, -0.2) is 32.7 Å². The molecule has 8 heteroatoms. The van der Waals surface area contributed by atoms with Crippen molar-refractivity contribution >= 4 is 33.2 Å². The second-order valence-corrected chi connectivity index (χ2v) is 7.04. The van der Waals surface area contributed by atoms with Crippen LogP contribution >= 0.6 is 23.2 Å². The average Bonchev–Trinajstić information content (AvgIpc) is 2.31. The number of sulfonamides is 1. The Morgan fingerprint density at radius 2 is 2.16 bits per heavy atom. The molecule has 1 saturated carbocycles. The molecule has 1 aliphatic carbocycles. The van der Waals surface area contributed by atoms with Crippen molar-refractivity contribution < 1.29 is 13.2 Å². The fraction of sp³-hybridized carbons (Fsp3) is 0.545. The molecular weight excluding hydrogens is 311 g/mol. The quantitative estimate of drug-likeness (QED) is 0.843. The van der Waals surface area contributed by atoms with Crippen LogP contribution in [0.15, 0.2) is 17.2 Å². The van der Waals surface area contributed by atoms with Gasteiger partial charge in [0, 0.05) is 19.9 Å². The van der Waals surface area contributed by atoms with Crippen LogP contribution in [0.1, 0.15) is 19.3 Å². The first-order valence-electron chi connectivity index (χ1n) is 5.74. The molecule has 1 N–H and O–H groups in total. The molecule has 1 aromatic rings. The molecule has 0 aliphatic heterocycles. The molecule has 2 rings (SSSR count). The Hall–Kier alpha value is -0.400. The summed E-state index contributed by atoms with van der Waals surface area (Å²) in [6, 6.07) is 1.28. The van der Waals surface area contributed by atoms with E-state index in [9.17, 15) is 8.42 Å². The lowest BCUT2D eigenvalue weighted by Crippen LogP contribution is -2.49. The summed E-state index contributed by atoms with van der Waals surface area (Å²) in [6.07, 6.45) is 3.93. The van der Waals surface area contributed by atoms with Crippen molar-refractivity contribution in [1.29, 1.82) is 0 Å². The maximum atomic E-state index is 12.1. The predicted octanol–water partition coefficient (Wildman–Crippen LogP) is 2.24. The predicted molar refractivity (Wildman–Crippen MR) is 73.0 cm³/mol. The van der Waals surface area contributed by atoms with Crippen molar-refractivity contribution in [3.63, 3.8) is 0 Å². The van der Waals surface area contributed by atoms with Gasteiger partial charge in [-0.05, 0) is 25.3 Å². The number of nitrogens with zero attached hydrogens (tertiary/aromatic N) is 1. The molecule has 0 radical (unpaired) electrons. The zero-order valence-electron chi connectivity index (χ0n) is 10.3. The fourth-order valence-corrected chi connectivity index (χ4v) is 3.30. The zero-order chi connectivity index (χ0) is 14.1. The number of halogens is 2. The molecule has 0 spiro atoms. The van der Waals surface area contributed by atoms with E-state index in [1.54, 1.807) is 7.11 Å². The maximum absolute atomic E-state index is 12.1. The van der Waals surface area contributed by atoms with E-state index in [-0.39, 0.29) is 27.2 Å². The van der Waals surface area contributed by atoms with Crippen LogP contribution in [-0.2, 0) is 14.8 Å². The van der Waals surface area contributed by atoms with Gasteiger partial charge < -0.3 is 4.74 Å². The molecule has 0 amide bonds. The summed E-state index contributed by atoms with van der Waals surface area (Å²) in [5, 5.41) is 0.183. The molecule has 19 heavy (non-hydrogen) atoms. The van der Waals surface area contributed by atoms with E-state index >= 15 is 0 Å². The fourth-order valence-electron chi connectivity index (χ4n) is 1.88. The van der Waals surface area contributed by atoms with Crippen molar-refractivity contribution in [3.8, 4) is 0 Å². The maximum Gasteiger partial charge on any atom is 0.242 e. The second-order valence-electron chi connectivity index (χ2n) is 4.51. The van der Waals surface area contributed by atoms with E-state index in [0.717, 1.165) is 19.3 Å². The van der Waals surface area contributed by atoms with Gasteiger partial charge in [0.15, 0.2) is 0 Å². The normalized spacial score (nSPS) is 18.1. The Kier molecular flexibility index (Phi) is 4.37. The molecule has 0 saturated heterocycles. The van der Waals surface area contributed by atoms with Crippen molar-refractivity contribution in [2.45, 2.75) is 29.8 Å². The highest BCUT2D eigenvalue weighted by Gasteiger charge is 2.38. The third kappa shape index (κ3) is 3.20. The zero-order valence-corrected chi connectivity index (χ0v) is 12.6. The summed E-state index contributed by atoms with van der Waals surface area (Å²) in [5.41, 5.74) is -0.378. The van der Waals surface area contributed by atoms with Gasteiger partial charge in [0.25, 0.3) is 0 Å². The molecule has 0 atom stereocenters. The third-order valence-electron chi connectivity index (χ3n) is 3.36. The molecule has 106 valence electrons. The number of pyridine rings is 1. The van der Waals surface area contributed by atoms with Gasteiger partial charge in [-0.2, -0.15) is 0 Å². The second kappa shape index (κ2) is 5.54. The van der Waals surface area contributed by atoms with Gasteiger partial charge in [0.2, 0.25) is 10.0 Å². The van der Waals surface area contributed by atoms with Gasteiger partial charge in [0.05, 0.1) is 10.6 Å². The Balaban J connectivity index is 2.11. The lowest BCUT2D eigenvalue weighted by molar-refractivity contribution is -0.0659. The topological polar surface area (TPSA) is 68.3 Å². The van der Waals surface area contributed by atoms with E-state index in [2.05, 4.69) is 9.71 Å². The van der Waals surface area contributed by atoms with E-state index in [0.29, 0.717) is 0 Å². The first-order chi connectivity index (χ1) is 8.88. The number of aromatic nitrogens is 1. The third-order valence-corrected chi connectivity index (χ3v) is 5.42. The largest absolute Gasteiger partial charge is 0.377 e. The van der Waals surface area contributed by atoms with Gasteiger partial charge in [-0.3, -0.25) is 0 Å². The number of nitrogens with one attached hydrogen (secondary N) is 1. The first-order valence-corrected chi connectivity index (χ1v) is 7.98. The Morgan fingerprint density at radius 1 is 1.47 bits per heavy atom. The Labute approximate surface area is 122 Å². The molecule has 5 nitrogen and oxygen atoms in total. The van der Waals surface area contributed by atoms with Crippen LogP contribution < -0.4 is 4.72 Å². The van der Waals surface area contributed by atoms with E-state index < -0.39 is 10.0 Å². The number of hydrogen-bond donors (Lipinski definition) is 1. The average molecular weight is 325 g/mol. The van der Waals surface area contributed by atoms with Crippen molar-refractivity contribution in [2.75, 3.05) is 13.7 Å². The molecule has 1 aromatic heterocycles. The number of rotatable bonds is 5. The summed E-state index contributed by atoms with van der Waals surface area (Å²) in [4.78, 5) is 3.72. The lowest BCUT2D eigenvalue weighted by Gasteiger charge is -2.40. The van der Waals surface area contributed by atoms with E-state index in [4.69, 9.17) is 27.9 Å². The van der Waals surface area contributed by atoms with Gasteiger partial charge in [-0.15, -0.1) is 0 Å². The first kappa shape index (κ1) is 15.0. The van der Waals surface area contributed by atoms with Crippen LogP contribution in [0.2, 0.25) is 10.2 Å². The summed E-state index contributed by atoms with van der Waals surface area (Å²) in [5.74, 6) is 0. The number of hydrogen-bond acceptors (Lipinski definition) is 4. The van der Waals surface area contributed by atoms with Crippen molar-refractivity contribution in [2.24, 2.45) is 0 Å². The van der Waals surface area contributed by atoms with Gasteiger partial charge in [-0.1, -0.05) is 23.2 Å². The number of ether oxygens (including phenoxy) is 1. The van der Waals surface area contributed by atoms with Gasteiger partial charge >= 0.3 is 0 Å². The highest BCUT2D eigenvalue weighted by molar-refractivity contribution is 7.89. The highest BCUT2D eigenvalue weighted by Crippen LogP contribution is 2.34. The summed E-state index contributed by atoms with van der Waals surface area (Å²) in [6.45, 7) is 0.242. The number of methoxy groups -OCH3 is 1. The molecule has 0 unspecified atom stereocenters. The molecule has 0 aromatic carbocycles. The van der Waals surface area contributed by atoms with Gasteiger partial charge in [0.1, 0.15) is 10.0 Å². The standard InChI is InChI=1S/C11H14Cl2N2O3S/c1-18-11(3-2-4-11)7-15-19(16,17)8-5-9(12)10(13)14-6-8/h5-6,15H,2-4,7H2,1H3. The monoisotopic (exact) mass is 324 g/mol. The Bertz CT molecular complexity index is 568. The minimum Gasteiger partial charge on any atom is -0.377 e. The van der Waals surface area contributed by atoms with E-state index in [1.807, 2.05) is 0 Å². The lowest BCUT2D eigenvalue weighted by atomic mass is 9.80. The molecular formula is C11H14Cl2N2O3S. The summed E-state index contributed by atoms with van der Waals surface area (Å²) in [7, 11) is -2.06. The van der Waals surface area contributed by atoms with Crippen LogP contribution in [0.5, 0.6) is 0 Å². The van der Waals surface area contributed by atoms with Crippen LogP contribution in [0.25, 0.3) is 0 Å². The summed E-state index contributed by atoms with van der Waals surface area (Å²) >= 11 is 11.4. The molecule has 1 aliphatic rings. The van der Waals surface area contributed by atoms with Crippen LogP contribution in [0, 0.1) is 0 Å². The smallest absolute Gasteiger partial charge is 0.242 e. The highest BCUT2D eigenvalue weighted by atomic mass is 35.5. The molecule has 1 heterocycles. The Morgan fingerprint density at radius 3 is 2.63 bits per heavy atom. The minimum absolute atomic E-state index is 0.00697. The molecule has 1 fully saturated rings.